The zero-order valence-corrected chi connectivity index (χ0v) is 8.25. The monoisotopic (exact) mass is 219 g/mol. The normalized spacial score (nSPS) is 10.5. The number of nitro benzene ring substituents is 1. The number of benzene rings is 1. The van der Waals surface area contributed by atoms with Crippen molar-refractivity contribution in [3.63, 3.8) is 0 Å². The van der Waals surface area contributed by atoms with Crippen LogP contribution < -0.4 is 5.73 Å². The van der Waals surface area contributed by atoms with Crippen LogP contribution in [0.1, 0.15) is 0 Å². The number of aromatic nitrogens is 2. The zero-order valence-electron chi connectivity index (χ0n) is 8.25. The second-order valence-electron chi connectivity index (χ2n) is 3.33. The van der Waals surface area contributed by atoms with Gasteiger partial charge in [0.2, 0.25) is 0 Å². The molecule has 0 bridgehead atoms. The summed E-state index contributed by atoms with van der Waals surface area (Å²) in [4.78, 5) is 14.1. The molecule has 1 aromatic heterocycles. The van der Waals surface area contributed by atoms with Gasteiger partial charge in [0, 0.05) is 12.1 Å². The molecule has 16 heavy (non-hydrogen) atoms. The van der Waals surface area contributed by atoms with Crippen LogP contribution in [0.5, 0.6) is 0 Å². The van der Waals surface area contributed by atoms with Gasteiger partial charge in [-0.15, -0.1) is 0 Å². The van der Waals surface area contributed by atoms with Crippen molar-refractivity contribution in [2.45, 2.75) is 6.54 Å². The Hall–Kier alpha value is -2.44. The molecule has 1 aromatic carbocycles. The van der Waals surface area contributed by atoms with Gasteiger partial charge in [-0.3, -0.25) is 15.5 Å². The summed E-state index contributed by atoms with van der Waals surface area (Å²) in [6.45, 7) is 0.230. The van der Waals surface area contributed by atoms with Crippen molar-refractivity contribution < 1.29 is 4.92 Å². The van der Waals surface area contributed by atoms with E-state index in [9.17, 15) is 10.1 Å². The number of hydrogen-bond donors (Lipinski definition) is 2. The third-order valence-corrected chi connectivity index (χ3v) is 2.16. The molecule has 0 radical (unpaired) electrons. The third-order valence-electron chi connectivity index (χ3n) is 2.16. The fourth-order valence-electron chi connectivity index (χ4n) is 1.48. The van der Waals surface area contributed by atoms with E-state index in [1.165, 1.54) is 18.5 Å². The van der Waals surface area contributed by atoms with Gasteiger partial charge in [0.25, 0.3) is 5.69 Å². The van der Waals surface area contributed by atoms with E-state index in [0.29, 0.717) is 5.52 Å². The van der Waals surface area contributed by atoms with Crippen LogP contribution in [0, 0.1) is 15.5 Å². The molecule has 2 aromatic rings. The summed E-state index contributed by atoms with van der Waals surface area (Å²) in [5, 5.41) is 17.7. The van der Waals surface area contributed by atoms with Crippen molar-refractivity contribution in [2.24, 2.45) is 5.73 Å². The smallest absolute Gasteiger partial charge is 0.271 e. The molecule has 82 valence electrons. The van der Waals surface area contributed by atoms with E-state index in [4.69, 9.17) is 11.1 Å². The molecule has 0 aliphatic carbocycles. The molecule has 0 amide bonds. The lowest BCUT2D eigenvalue weighted by atomic mass is 10.3. The van der Waals surface area contributed by atoms with Gasteiger partial charge in [0.1, 0.15) is 5.84 Å². The van der Waals surface area contributed by atoms with Crippen LogP contribution in [0.2, 0.25) is 0 Å². The van der Waals surface area contributed by atoms with Gasteiger partial charge in [0.15, 0.2) is 0 Å². The van der Waals surface area contributed by atoms with Gasteiger partial charge < -0.3 is 10.3 Å². The topological polar surface area (TPSA) is 111 Å². The maximum atomic E-state index is 10.5. The molecule has 0 saturated carbocycles. The van der Waals surface area contributed by atoms with Gasteiger partial charge in [-0.05, 0) is 6.07 Å². The van der Waals surface area contributed by atoms with Gasteiger partial charge in [-0.2, -0.15) is 0 Å². The number of nitrogens with two attached hydrogens (primary N) is 1. The van der Waals surface area contributed by atoms with E-state index < -0.39 is 4.92 Å². The van der Waals surface area contributed by atoms with E-state index in [2.05, 4.69) is 4.98 Å². The molecule has 1 heterocycles. The Kier molecular flexibility index (Phi) is 2.28. The predicted molar refractivity (Wildman–Crippen MR) is 58.3 cm³/mol. The van der Waals surface area contributed by atoms with E-state index >= 15 is 0 Å². The average molecular weight is 219 g/mol. The average Bonchev–Trinajstić information content (AvgIpc) is 2.60. The van der Waals surface area contributed by atoms with Crippen LogP contribution >= 0.6 is 0 Å². The van der Waals surface area contributed by atoms with Crippen LogP contribution in [-0.2, 0) is 6.54 Å². The molecule has 0 fully saturated rings. The molecule has 0 saturated heterocycles. The third kappa shape index (κ3) is 1.70. The van der Waals surface area contributed by atoms with Crippen LogP contribution in [-0.4, -0.2) is 20.3 Å². The van der Waals surface area contributed by atoms with E-state index in [1.54, 1.807) is 10.6 Å². The molecule has 2 rings (SSSR count). The highest BCUT2D eigenvalue weighted by Gasteiger charge is 2.09. The molecular weight excluding hydrogens is 210 g/mol. The summed E-state index contributed by atoms with van der Waals surface area (Å²) >= 11 is 0. The lowest BCUT2D eigenvalue weighted by Crippen LogP contribution is -2.17. The molecule has 0 unspecified atom stereocenters. The molecule has 0 aliphatic rings. The Labute approximate surface area is 90.2 Å². The number of nitro groups is 1. The summed E-state index contributed by atoms with van der Waals surface area (Å²) in [5.74, 6) is 0.0117. The molecule has 3 N–H and O–H groups in total. The summed E-state index contributed by atoms with van der Waals surface area (Å²) < 4.78 is 1.67. The molecule has 0 spiro atoms. The van der Waals surface area contributed by atoms with Crippen LogP contribution in [0.25, 0.3) is 11.0 Å². The number of rotatable bonds is 3. The lowest BCUT2D eigenvalue weighted by molar-refractivity contribution is -0.384. The van der Waals surface area contributed by atoms with Crippen molar-refractivity contribution in [3.05, 3.63) is 34.6 Å². The SMILES string of the molecule is N=C(N)Cn1cnc2cc([N+](=O)[O-])ccc21. The maximum absolute atomic E-state index is 10.5. The second-order valence-corrected chi connectivity index (χ2v) is 3.33. The number of non-ortho nitro benzene ring substituents is 1. The minimum atomic E-state index is -0.469. The van der Waals surface area contributed by atoms with Gasteiger partial charge in [-0.1, -0.05) is 0 Å². The number of nitrogens with one attached hydrogen (secondary N) is 1. The first-order chi connectivity index (χ1) is 7.58. The molecular formula is C9H9N5O2. The predicted octanol–water partition coefficient (Wildman–Crippen LogP) is 0.880. The van der Waals surface area contributed by atoms with Gasteiger partial charge in [-0.25, -0.2) is 4.98 Å². The molecule has 0 atom stereocenters. The number of fused-ring (bicyclic) bond motifs is 1. The highest BCUT2D eigenvalue weighted by molar-refractivity contribution is 5.82. The van der Waals surface area contributed by atoms with Crippen LogP contribution in [0.3, 0.4) is 0 Å². The van der Waals surface area contributed by atoms with E-state index in [-0.39, 0.29) is 18.1 Å². The van der Waals surface area contributed by atoms with Crippen LogP contribution in [0.4, 0.5) is 5.69 Å². The quantitative estimate of drug-likeness (QED) is 0.345. The second kappa shape index (κ2) is 3.61. The van der Waals surface area contributed by atoms with Crippen molar-refractivity contribution in [1.82, 2.24) is 9.55 Å². The molecule has 0 aliphatic heterocycles. The lowest BCUT2D eigenvalue weighted by Gasteiger charge is -2.01. The Morgan fingerprint density at radius 3 is 3.00 bits per heavy atom. The number of hydrogen-bond acceptors (Lipinski definition) is 4. The summed E-state index contributed by atoms with van der Waals surface area (Å²) in [6, 6.07) is 4.40. The summed E-state index contributed by atoms with van der Waals surface area (Å²) in [5.41, 5.74) is 6.53. The minimum Gasteiger partial charge on any atom is -0.386 e. The zero-order chi connectivity index (χ0) is 11.7. The number of nitrogens with zero attached hydrogens (tertiary/aromatic N) is 3. The first-order valence-corrected chi connectivity index (χ1v) is 4.50. The van der Waals surface area contributed by atoms with Gasteiger partial charge in [0.05, 0.1) is 28.8 Å². The van der Waals surface area contributed by atoms with Crippen molar-refractivity contribution >= 4 is 22.6 Å². The first-order valence-electron chi connectivity index (χ1n) is 4.50. The minimum absolute atomic E-state index is 0.000532. The Bertz CT molecular complexity index is 574. The fraction of sp³-hybridized carbons (Fsp3) is 0.111. The molecule has 7 nitrogen and oxygen atoms in total. The van der Waals surface area contributed by atoms with E-state index in [1.807, 2.05) is 0 Å². The van der Waals surface area contributed by atoms with Crippen molar-refractivity contribution in [2.75, 3.05) is 0 Å². The van der Waals surface area contributed by atoms with E-state index in [0.717, 1.165) is 5.52 Å². The van der Waals surface area contributed by atoms with Crippen molar-refractivity contribution in [3.8, 4) is 0 Å². The number of amidine groups is 1. The highest BCUT2D eigenvalue weighted by Crippen LogP contribution is 2.19. The highest BCUT2D eigenvalue weighted by atomic mass is 16.6. The Balaban J connectivity index is 2.50. The number of imidazole rings is 1. The largest absolute Gasteiger partial charge is 0.386 e. The Morgan fingerprint density at radius 1 is 1.62 bits per heavy atom. The Morgan fingerprint density at radius 2 is 2.38 bits per heavy atom. The fourth-order valence-corrected chi connectivity index (χ4v) is 1.48. The van der Waals surface area contributed by atoms with Crippen molar-refractivity contribution in [1.29, 1.82) is 5.41 Å². The standard InChI is InChI=1S/C9H9N5O2/c10-9(11)4-13-5-12-7-3-6(14(15)16)1-2-8(7)13/h1-3,5H,4H2,(H3,10,11). The van der Waals surface area contributed by atoms with Gasteiger partial charge >= 0.3 is 0 Å². The summed E-state index contributed by atoms with van der Waals surface area (Å²) in [6.07, 6.45) is 1.51. The maximum Gasteiger partial charge on any atom is 0.271 e. The summed E-state index contributed by atoms with van der Waals surface area (Å²) in [7, 11) is 0. The first kappa shape index (κ1) is 10.1. The molecule has 7 heteroatoms. The van der Waals surface area contributed by atoms with Crippen LogP contribution in [0.15, 0.2) is 24.5 Å².